The van der Waals surface area contributed by atoms with E-state index < -0.39 is 6.61 Å². The fourth-order valence-corrected chi connectivity index (χ4v) is 2.64. The third-order valence-corrected chi connectivity index (χ3v) is 3.85. The molecule has 0 radical (unpaired) electrons. The SMILES string of the molecule is COc1ccc(CNC(=O)C=Cc2ccccc2OC(F)F)cc1Br. The Morgan fingerprint density at radius 2 is 2.00 bits per heavy atom. The van der Waals surface area contributed by atoms with Crippen molar-refractivity contribution in [3.63, 3.8) is 0 Å². The minimum absolute atomic E-state index is 0.0145. The Morgan fingerprint density at radius 1 is 1.24 bits per heavy atom. The van der Waals surface area contributed by atoms with Crippen LogP contribution in [0.1, 0.15) is 11.1 Å². The van der Waals surface area contributed by atoms with Crippen LogP contribution in [-0.4, -0.2) is 19.6 Å². The van der Waals surface area contributed by atoms with Crippen molar-refractivity contribution in [2.45, 2.75) is 13.2 Å². The second-order valence-electron chi connectivity index (χ2n) is 4.94. The average molecular weight is 412 g/mol. The van der Waals surface area contributed by atoms with Gasteiger partial charge >= 0.3 is 6.61 Å². The molecule has 2 aromatic carbocycles. The molecule has 0 aromatic heterocycles. The van der Waals surface area contributed by atoms with E-state index in [-0.39, 0.29) is 11.7 Å². The summed E-state index contributed by atoms with van der Waals surface area (Å²) < 4.78 is 35.0. The van der Waals surface area contributed by atoms with Gasteiger partial charge in [0.25, 0.3) is 0 Å². The summed E-state index contributed by atoms with van der Waals surface area (Å²) in [4.78, 5) is 11.9. The maximum Gasteiger partial charge on any atom is 0.387 e. The van der Waals surface area contributed by atoms with Gasteiger partial charge in [0.05, 0.1) is 11.6 Å². The van der Waals surface area contributed by atoms with Gasteiger partial charge in [-0.15, -0.1) is 0 Å². The first-order valence-electron chi connectivity index (χ1n) is 7.31. The zero-order valence-electron chi connectivity index (χ0n) is 13.3. The van der Waals surface area contributed by atoms with E-state index in [9.17, 15) is 13.6 Å². The normalized spacial score (nSPS) is 10.9. The zero-order valence-corrected chi connectivity index (χ0v) is 14.9. The fraction of sp³-hybridized carbons (Fsp3) is 0.167. The Kier molecular flexibility index (Phi) is 6.94. The standard InChI is InChI=1S/C18H16BrF2NO3/c1-24-16-8-6-12(10-14(16)19)11-22-17(23)9-7-13-4-2-3-5-15(13)25-18(20)21/h2-10,18H,11H2,1H3,(H,22,23). The fourth-order valence-electron chi connectivity index (χ4n) is 2.05. The van der Waals surface area contributed by atoms with Crippen LogP contribution in [-0.2, 0) is 11.3 Å². The number of benzene rings is 2. The first-order chi connectivity index (χ1) is 12.0. The van der Waals surface area contributed by atoms with Crippen molar-refractivity contribution in [2.24, 2.45) is 0 Å². The molecule has 1 N–H and O–H groups in total. The van der Waals surface area contributed by atoms with Crippen LogP contribution < -0.4 is 14.8 Å². The summed E-state index contributed by atoms with van der Waals surface area (Å²) in [5.41, 5.74) is 1.28. The smallest absolute Gasteiger partial charge is 0.387 e. The molecule has 0 fully saturated rings. The van der Waals surface area contributed by atoms with Crippen LogP contribution in [0.15, 0.2) is 53.0 Å². The quantitative estimate of drug-likeness (QED) is 0.687. The molecule has 0 saturated carbocycles. The summed E-state index contributed by atoms with van der Waals surface area (Å²) in [6.07, 6.45) is 2.70. The van der Waals surface area contributed by atoms with Crippen molar-refractivity contribution in [3.8, 4) is 11.5 Å². The lowest BCUT2D eigenvalue weighted by molar-refractivity contribution is -0.116. The number of para-hydroxylation sites is 1. The molecule has 0 aliphatic rings. The number of hydrogen-bond donors (Lipinski definition) is 1. The maximum atomic E-state index is 12.4. The number of carbonyl (C=O) groups excluding carboxylic acids is 1. The molecule has 0 aliphatic heterocycles. The summed E-state index contributed by atoms with van der Waals surface area (Å²) >= 11 is 3.38. The van der Waals surface area contributed by atoms with Gasteiger partial charge in [0, 0.05) is 18.2 Å². The number of carbonyl (C=O) groups is 1. The van der Waals surface area contributed by atoms with Gasteiger partial charge in [0.2, 0.25) is 5.91 Å². The van der Waals surface area contributed by atoms with Gasteiger partial charge in [0.1, 0.15) is 11.5 Å². The molecule has 2 aromatic rings. The van der Waals surface area contributed by atoms with Gasteiger partial charge < -0.3 is 14.8 Å². The van der Waals surface area contributed by atoms with E-state index in [1.165, 1.54) is 18.2 Å². The second-order valence-corrected chi connectivity index (χ2v) is 5.79. The Morgan fingerprint density at radius 3 is 2.68 bits per heavy atom. The van der Waals surface area contributed by atoms with Crippen molar-refractivity contribution >= 4 is 27.9 Å². The number of ether oxygens (including phenoxy) is 2. The largest absolute Gasteiger partial charge is 0.496 e. The van der Waals surface area contributed by atoms with Gasteiger partial charge in [-0.2, -0.15) is 8.78 Å². The molecule has 0 unspecified atom stereocenters. The van der Waals surface area contributed by atoms with E-state index in [0.717, 1.165) is 10.0 Å². The van der Waals surface area contributed by atoms with Crippen LogP contribution in [0.5, 0.6) is 11.5 Å². The topological polar surface area (TPSA) is 47.6 Å². The first-order valence-corrected chi connectivity index (χ1v) is 8.11. The van der Waals surface area contributed by atoms with Crippen LogP contribution in [0, 0.1) is 0 Å². The third kappa shape index (κ3) is 5.86. The first kappa shape index (κ1) is 18.9. The highest BCUT2D eigenvalue weighted by Crippen LogP contribution is 2.25. The predicted octanol–water partition coefficient (Wildman–Crippen LogP) is 4.39. The van der Waals surface area contributed by atoms with Crippen LogP contribution in [0.2, 0.25) is 0 Å². The van der Waals surface area contributed by atoms with E-state index in [2.05, 4.69) is 26.0 Å². The number of halogens is 3. The lowest BCUT2D eigenvalue weighted by Crippen LogP contribution is -2.20. The third-order valence-electron chi connectivity index (χ3n) is 3.23. The molecule has 7 heteroatoms. The van der Waals surface area contributed by atoms with Crippen LogP contribution in [0.4, 0.5) is 8.78 Å². The summed E-state index contributed by atoms with van der Waals surface area (Å²) in [5.74, 6) is 0.366. The number of hydrogen-bond acceptors (Lipinski definition) is 3. The number of nitrogens with one attached hydrogen (secondary N) is 1. The lowest BCUT2D eigenvalue weighted by atomic mass is 10.2. The minimum Gasteiger partial charge on any atom is -0.496 e. The maximum absolute atomic E-state index is 12.4. The monoisotopic (exact) mass is 411 g/mol. The Hall–Kier alpha value is -2.41. The molecule has 0 aliphatic carbocycles. The van der Waals surface area contributed by atoms with E-state index >= 15 is 0 Å². The van der Waals surface area contributed by atoms with Crippen molar-refractivity contribution in [1.82, 2.24) is 5.32 Å². The average Bonchev–Trinajstić information content (AvgIpc) is 2.59. The Balaban J connectivity index is 1.96. The van der Waals surface area contributed by atoms with Crippen LogP contribution in [0.25, 0.3) is 6.08 Å². The predicted molar refractivity (Wildman–Crippen MR) is 94.6 cm³/mol. The second kappa shape index (κ2) is 9.17. The van der Waals surface area contributed by atoms with Gasteiger partial charge in [-0.25, -0.2) is 0 Å². The molecule has 132 valence electrons. The van der Waals surface area contributed by atoms with Gasteiger partial charge in [-0.1, -0.05) is 24.3 Å². The van der Waals surface area contributed by atoms with Crippen molar-refractivity contribution < 1.29 is 23.0 Å². The van der Waals surface area contributed by atoms with Crippen molar-refractivity contribution in [1.29, 1.82) is 0 Å². The molecular formula is C18H16BrF2NO3. The number of rotatable bonds is 7. The molecule has 0 bridgehead atoms. The molecule has 2 rings (SSSR count). The molecule has 0 spiro atoms. The highest BCUT2D eigenvalue weighted by Gasteiger charge is 2.07. The summed E-state index contributed by atoms with van der Waals surface area (Å²) in [5, 5.41) is 2.72. The molecule has 4 nitrogen and oxygen atoms in total. The van der Waals surface area contributed by atoms with Gasteiger partial charge in [0.15, 0.2) is 0 Å². The molecular weight excluding hydrogens is 396 g/mol. The molecule has 0 atom stereocenters. The molecule has 25 heavy (non-hydrogen) atoms. The number of methoxy groups -OCH3 is 1. The highest BCUT2D eigenvalue weighted by molar-refractivity contribution is 9.10. The Labute approximate surface area is 152 Å². The number of amides is 1. The highest BCUT2D eigenvalue weighted by atomic mass is 79.9. The van der Waals surface area contributed by atoms with Crippen molar-refractivity contribution in [2.75, 3.05) is 7.11 Å². The summed E-state index contributed by atoms with van der Waals surface area (Å²) in [6, 6.07) is 11.7. The van der Waals surface area contributed by atoms with E-state index in [4.69, 9.17) is 4.74 Å². The van der Waals surface area contributed by atoms with Crippen LogP contribution in [0.3, 0.4) is 0 Å². The summed E-state index contributed by atoms with van der Waals surface area (Å²) in [6.45, 7) is -2.60. The lowest BCUT2D eigenvalue weighted by Gasteiger charge is -2.08. The van der Waals surface area contributed by atoms with E-state index in [1.54, 1.807) is 31.4 Å². The zero-order chi connectivity index (χ0) is 18.2. The Bertz CT molecular complexity index is 766. The van der Waals surface area contributed by atoms with Gasteiger partial charge in [-0.3, -0.25) is 4.79 Å². The molecule has 0 heterocycles. The van der Waals surface area contributed by atoms with E-state index in [0.29, 0.717) is 17.9 Å². The van der Waals surface area contributed by atoms with Gasteiger partial charge in [-0.05, 0) is 45.8 Å². The number of alkyl halides is 2. The summed E-state index contributed by atoms with van der Waals surface area (Å²) in [7, 11) is 1.57. The van der Waals surface area contributed by atoms with Crippen molar-refractivity contribution in [3.05, 3.63) is 64.1 Å². The molecule has 0 saturated heterocycles. The van der Waals surface area contributed by atoms with E-state index in [1.807, 2.05) is 12.1 Å². The van der Waals surface area contributed by atoms with Crippen LogP contribution >= 0.6 is 15.9 Å². The molecule has 1 amide bonds. The minimum atomic E-state index is -2.92.